The molecule has 0 N–H and O–H groups in total. The number of halogens is 1. The first-order chi connectivity index (χ1) is 9.69. The number of benzene rings is 2. The van der Waals surface area contributed by atoms with Crippen LogP contribution in [0.15, 0.2) is 48.5 Å². The Morgan fingerprint density at radius 3 is 2.55 bits per heavy atom. The standard InChI is InChI=1S/C16H15ClO3/c1-19-15-8-7-14(9-13(15)10-16(17)18)20-11-12-5-3-2-4-6-12/h2-9H,10-11H2,1H3. The molecule has 0 aromatic heterocycles. The lowest BCUT2D eigenvalue weighted by Gasteiger charge is -2.11. The monoisotopic (exact) mass is 290 g/mol. The van der Waals surface area contributed by atoms with Gasteiger partial charge in [-0.05, 0) is 35.4 Å². The normalized spacial score (nSPS) is 10.1. The number of carbonyl (C=O) groups is 1. The number of hydrogen-bond acceptors (Lipinski definition) is 3. The van der Waals surface area contributed by atoms with Crippen molar-refractivity contribution in [1.29, 1.82) is 0 Å². The quantitative estimate of drug-likeness (QED) is 0.763. The van der Waals surface area contributed by atoms with Crippen LogP contribution < -0.4 is 9.47 Å². The summed E-state index contributed by atoms with van der Waals surface area (Å²) in [6.07, 6.45) is 0.118. The average molecular weight is 291 g/mol. The van der Waals surface area contributed by atoms with E-state index in [0.29, 0.717) is 18.1 Å². The van der Waals surface area contributed by atoms with Crippen LogP contribution in [-0.2, 0) is 17.8 Å². The van der Waals surface area contributed by atoms with Crippen LogP contribution in [0.3, 0.4) is 0 Å². The van der Waals surface area contributed by atoms with Crippen molar-refractivity contribution in [3.63, 3.8) is 0 Å². The highest BCUT2D eigenvalue weighted by Crippen LogP contribution is 2.25. The zero-order chi connectivity index (χ0) is 14.4. The minimum absolute atomic E-state index is 0.118. The molecule has 4 heteroatoms. The van der Waals surface area contributed by atoms with E-state index in [1.807, 2.05) is 36.4 Å². The number of methoxy groups -OCH3 is 1. The highest BCUT2D eigenvalue weighted by atomic mass is 35.5. The first-order valence-corrected chi connectivity index (χ1v) is 6.59. The Kier molecular flexibility index (Phi) is 5.02. The van der Waals surface area contributed by atoms with Crippen LogP contribution in [0.5, 0.6) is 11.5 Å². The molecule has 0 fully saturated rings. The molecular weight excluding hydrogens is 276 g/mol. The Bertz CT molecular complexity index is 582. The van der Waals surface area contributed by atoms with Crippen LogP contribution in [0.4, 0.5) is 0 Å². The van der Waals surface area contributed by atoms with Gasteiger partial charge in [0.1, 0.15) is 18.1 Å². The molecule has 0 atom stereocenters. The molecule has 0 bridgehead atoms. The Balaban J connectivity index is 2.10. The van der Waals surface area contributed by atoms with Gasteiger partial charge in [0.15, 0.2) is 0 Å². The molecule has 104 valence electrons. The van der Waals surface area contributed by atoms with E-state index in [1.165, 1.54) is 0 Å². The van der Waals surface area contributed by atoms with E-state index in [1.54, 1.807) is 19.2 Å². The topological polar surface area (TPSA) is 35.5 Å². The predicted octanol–water partition coefficient (Wildman–Crippen LogP) is 3.58. The van der Waals surface area contributed by atoms with Gasteiger partial charge < -0.3 is 9.47 Å². The first kappa shape index (κ1) is 14.4. The molecule has 2 aromatic rings. The van der Waals surface area contributed by atoms with Gasteiger partial charge in [-0.15, -0.1) is 0 Å². The highest BCUT2D eigenvalue weighted by molar-refractivity contribution is 6.63. The smallest absolute Gasteiger partial charge is 0.226 e. The van der Waals surface area contributed by atoms with Crippen molar-refractivity contribution in [3.8, 4) is 11.5 Å². The summed E-state index contributed by atoms with van der Waals surface area (Å²) in [6, 6.07) is 15.2. The van der Waals surface area contributed by atoms with E-state index in [-0.39, 0.29) is 6.42 Å². The fourth-order valence-electron chi connectivity index (χ4n) is 1.87. The zero-order valence-corrected chi connectivity index (χ0v) is 11.9. The van der Waals surface area contributed by atoms with E-state index in [4.69, 9.17) is 21.1 Å². The summed E-state index contributed by atoms with van der Waals surface area (Å²) in [5.41, 5.74) is 1.80. The Morgan fingerprint density at radius 2 is 1.90 bits per heavy atom. The minimum atomic E-state index is -0.427. The molecule has 2 rings (SSSR count). The lowest BCUT2D eigenvalue weighted by molar-refractivity contribution is -0.111. The summed E-state index contributed by atoms with van der Waals surface area (Å²) in [5, 5.41) is -0.427. The molecule has 0 spiro atoms. The summed E-state index contributed by atoms with van der Waals surface area (Å²) in [5.74, 6) is 1.31. The van der Waals surface area contributed by atoms with Gasteiger partial charge in [-0.2, -0.15) is 0 Å². The molecule has 0 aliphatic carbocycles. The molecule has 3 nitrogen and oxygen atoms in total. The van der Waals surface area contributed by atoms with Crippen molar-refractivity contribution in [3.05, 3.63) is 59.7 Å². The molecule has 0 radical (unpaired) electrons. The van der Waals surface area contributed by atoms with E-state index >= 15 is 0 Å². The maximum Gasteiger partial charge on any atom is 0.226 e. The van der Waals surface area contributed by atoms with Crippen molar-refractivity contribution in [1.82, 2.24) is 0 Å². The molecule has 0 aliphatic rings. The van der Waals surface area contributed by atoms with Crippen molar-refractivity contribution >= 4 is 16.8 Å². The molecule has 0 saturated carbocycles. The van der Waals surface area contributed by atoms with Crippen molar-refractivity contribution in [2.24, 2.45) is 0 Å². The number of rotatable bonds is 6. The van der Waals surface area contributed by atoms with Crippen LogP contribution >= 0.6 is 11.6 Å². The molecule has 20 heavy (non-hydrogen) atoms. The molecular formula is C16H15ClO3. The van der Waals surface area contributed by atoms with Gasteiger partial charge in [0.05, 0.1) is 13.5 Å². The Labute approximate surface area is 123 Å². The van der Waals surface area contributed by atoms with Gasteiger partial charge in [-0.25, -0.2) is 0 Å². The average Bonchev–Trinajstić information content (AvgIpc) is 2.46. The lowest BCUT2D eigenvalue weighted by Crippen LogP contribution is -2.00. The molecule has 0 unspecified atom stereocenters. The zero-order valence-electron chi connectivity index (χ0n) is 11.1. The van der Waals surface area contributed by atoms with Gasteiger partial charge >= 0.3 is 0 Å². The van der Waals surface area contributed by atoms with Crippen LogP contribution in [0.25, 0.3) is 0 Å². The van der Waals surface area contributed by atoms with Crippen LogP contribution in [-0.4, -0.2) is 12.4 Å². The maximum atomic E-state index is 11.0. The van der Waals surface area contributed by atoms with E-state index < -0.39 is 5.24 Å². The SMILES string of the molecule is COc1ccc(OCc2ccccc2)cc1CC(=O)Cl. The van der Waals surface area contributed by atoms with Crippen molar-refractivity contribution < 1.29 is 14.3 Å². The summed E-state index contributed by atoms with van der Waals surface area (Å²) >= 11 is 5.43. The van der Waals surface area contributed by atoms with E-state index in [0.717, 1.165) is 11.1 Å². The molecule has 0 amide bonds. The van der Waals surface area contributed by atoms with Crippen LogP contribution in [0, 0.1) is 0 Å². The third kappa shape index (κ3) is 4.00. The summed E-state index contributed by atoms with van der Waals surface area (Å²) in [4.78, 5) is 11.0. The molecule has 0 aliphatic heterocycles. The second kappa shape index (κ2) is 6.96. The third-order valence-electron chi connectivity index (χ3n) is 2.83. The van der Waals surface area contributed by atoms with Crippen LogP contribution in [0.2, 0.25) is 0 Å². The third-order valence-corrected chi connectivity index (χ3v) is 2.96. The van der Waals surface area contributed by atoms with E-state index in [9.17, 15) is 4.79 Å². The number of hydrogen-bond donors (Lipinski definition) is 0. The summed E-state index contributed by atoms with van der Waals surface area (Å²) in [6.45, 7) is 0.474. The maximum absolute atomic E-state index is 11.0. The van der Waals surface area contributed by atoms with Gasteiger partial charge in [0, 0.05) is 5.56 Å². The van der Waals surface area contributed by atoms with Gasteiger partial charge in [0.25, 0.3) is 0 Å². The Morgan fingerprint density at radius 1 is 1.15 bits per heavy atom. The predicted molar refractivity (Wildman–Crippen MR) is 78.3 cm³/mol. The largest absolute Gasteiger partial charge is 0.496 e. The van der Waals surface area contributed by atoms with Crippen molar-refractivity contribution in [2.75, 3.05) is 7.11 Å². The fourth-order valence-corrected chi connectivity index (χ4v) is 2.02. The first-order valence-electron chi connectivity index (χ1n) is 6.21. The number of carbonyl (C=O) groups excluding carboxylic acids is 1. The lowest BCUT2D eigenvalue weighted by atomic mass is 10.1. The number of ether oxygens (including phenoxy) is 2. The molecule has 2 aromatic carbocycles. The van der Waals surface area contributed by atoms with Crippen LogP contribution in [0.1, 0.15) is 11.1 Å². The van der Waals surface area contributed by atoms with Gasteiger partial charge in [-0.3, -0.25) is 4.79 Å². The fraction of sp³-hybridized carbons (Fsp3) is 0.188. The minimum Gasteiger partial charge on any atom is -0.496 e. The van der Waals surface area contributed by atoms with Crippen molar-refractivity contribution in [2.45, 2.75) is 13.0 Å². The molecule has 0 saturated heterocycles. The highest BCUT2D eigenvalue weighted by Gasteiger charge is 2.08. The summed E-state index contributed by atoms with van der Waals surface area (Å²) < 4.78 is 10.9. The summed E-state index contributed by atoms with van der Waals surface area (Å²) in [7, 11) is 1.56. The van der Waals surface area contributed by atoms with E-state index in [2.05, 4.69) is 0 Å². The second-order valence-corrected chi connectivity index (χ2v) is 4.70. The Hall–Kier alpha value is -2.00. The second-order valence-electron chi connectivity index (χ2n) is 4.28. The molecule has 0 heterocycles. The van der Waals surface area contributed by atoms with Gasteiger partial charge in [0.2, 0.25) is 5.24 Å². The van der Waals surface area contributed by atoms with Gasteiger partial charge in [-0.1, -0.05) is 30.3 Å².